The topological polar surface area (TPSA) is 105 Å². The summed E-state index contributed by atoms with van der Waals surface area (Å²) >= 11 is 1.21. The molecular weight excluding hydrogens is 364 g/mol. The minimum absolute atomic E-state index is 0.0407. The van der Waals surface area contributed by atoms with Gasteiger partial charge in [0, 0.05) is 19.1 Å². The lowest BCUT2D eigenvalue weighted by atomic mass is 10.1. The Hall–Kier alpha value is -1.29. The van der Waals surface area contributed by atoms with Crippen molar-refractivity contribution in [2.24, 2.45) is 5.92 Å². The Bertz CT molecular complexity index is 754. The third kappa shape index (κ3) is 5.34. The maximum Gasteiger partial charge on any atom is 0.343 e. The van der Waals surface area contributed by atoms with E-state index in [2.05, 4.69) is 10.2 Å². The van der Waals surface area contributed by atoms with Gasteiger partial charge in [0.15, 0.2) is 15.0 Å². The summed E-state index contributed by atoms with van der Waals surface area (Å²) in [7, 11) is -3.05. The standard InChI is InChI=1S/C15H26N4O4S2/c1-4-6-18-14(21)16-17-15(18)24-9-13(20)19(8-11(2)3)12-5-7-25(22,23)10-12/h11-12H,4-10H2,1-3H3,(H,16,21). The molecular formula is C15H26N4O4S2. The number of hydrogen-bond acceptors (Lipinski definition) is 6. The molecule has 8 nitrogen and oxygen atoms in total. The average molecular weight is 391 g/mol. The predicted molar refractivity (Wildman–Crippen MR) is 97.5 cm³/mol. The van der Waals surface area contributed by atoms with Gasteiger partial charge in [-0.25, -0.2) is 18.3 Å². The van der Waals surface area contributed by atoms with Crippen LogP contribution in [0.15, 0.2) is 9.95 Å². The zero-order valence-electron chi connectivity index (χ0n) is 14.9. The molecule has 10 heteroatoms. The van der Waals surface area contributed by atoms with Crippen molar-refractivity contribution in [2.45, 2.75) is 51.4 Å². The van der Waals surface area contributed by atoms with Crippen LogP contribution >= 0.6 is 11.8 Å². The molecule has 1 fully saturated rings. The highest BCUT2D eigenvalue weighted by atomic mass is 32.2. The smallest absolute Gasteiger partial charge is 0.338 e. The van der Waals surface area contributed by atoms with Crippen LogP contribution in [0.5, 0.6) is 0 Å². The summed E-state index contributed by atoms with van der Waals surface area (Å²) in [5.41, 5.74) is -0.280. The highest BCUT2D eigenvalue weighted by Gasteiger charge is 2.34. The Morgan fingerprint density at radius 3 is 2.76 bits per heavy atom. The van der Waals surface area contributed by atoms with E-state index in [1.165, 1.54) is 16.3 Å². The second-order valence-electron chi connectivity index (χ2n) is 6.75. The van der Waals surface area contributed by atoms with Crippen LogP contribution in [0.4, 0.5) is 0 Å². The van der Waals surface area contributed by atoms with Gasteiger partial charge in [-0.1, -0.05) is 32.5 Å². The van der Waals surface area contributed by atoms with E-state index in [0.717, 1.165) is 6.42 Å². The molecule has 1 aliphatic rings. The number of amides is 1. The van der Waals surface area contributed by atoms with Crippen LogP contribution in [0.1, 0.15) is 33.6 Å². The monoisotopic (exact) mass is 390 g/mol. The number of carbonyl (C=O) groups excluding carboxylic acids is 1. The number of aromatic amines is 1. The van der Waals surface area contributed by atoms with E-state index in [-0.39, 0.29) is 40.8 Å². The van der Waals surface area contributed by atoms with Crippen molar-refractivity contribution in [1.82, 2.24) is 19.7 Å². The highest BCUT2D eigenvalue weighted by Crippen LogP contribution is 2.21. The second kappa shape index (κ2) is 8.39. The molecule has 1 unspecified atom stereocenters. The van der Waals surface area contributed by atoms with E-state index < -0.39 is 9.84 Å². The van der Waals surface area contributed by atoms with Crippen LogP contribution < -0.4 is 5.69 Å². The number of aromatic nitrogens is 3. The third-order valence-electron chi connectivity index (χ3n) is 4.03. The lowest BCUT2D eigenvalue weighted by Crippen LogP contribution is -2.44. The molecule has 1 aromatic heterocycles. The summed E-state index contributed by atoms with van der Waals surface area (Å²) in [6, 6.07) is -0.252. The van der Waals surface area contributed by atoms with Crippen molar-refractivity contribution in [1.29, 1.82) is 0 Å². The van der Waals surface area contributed by atoms with Gasteiger partial charge < -0.3 is 4.90 Å². The first-order chi connectivity index (χ1) is 11.7. The summed E-state index contributed by atoms with van der Waals surface area (Å²) in [5.74, 6) is 0.457. The lowest BCUT2D eigenvalue weighted by Gasteiger charge is -2.29. The van der Waals surface area contributed by atoms with E-state index in [1.54, 1.807) is 4.90 Å². The number of H-pyrrole nitrogens is 1. The van der Waals surface area contributed by atoms with E-state index in [1.807, 2.05) is 20.8 Å². The minimum Gasteiger partial charge on any atom is -0.338 e. The first kappa shape index (κ1) is 20.0. The van der Waals surface area contributed by atoms with E-state index in [0.29, 0.717) is 24.7 Å². The Labute approximate surface area is 152 Å². The highest BCUT2D eigenvalue weighted by molar-refractivity contribution is 7.99. The molecule has 1 saturated heterocycles. The average Bonchev–Trinajstić information content (AvgIpc) is 3.06. The normalized spacial score (nSPS) is 19.4. The maximum absolute atomic E-state index is 12.7. The van der Waals surface area contributed by atoms with Crippen molar-refractivity contribution in [2.75, 3.05) is 23.8 Å². The fourth-order valence-corrected chi connectivity index (χ4v) is 5.50. The number of carbonyl (C=O) groups is 1. The number of sulfone groups is 1. The maximum atomic E-state index is 12.7. The molecule has 2 rings (SSSR count). The molecule has 1 aromatic rings. The first-order valence-electron chi connectivity index (χ1n) is 8.51. The zero-order chi connectivity index (χ0) is 18.6. The zero-order valence-corrected chi connectivity index (χ0v) is 16.5. The van der Waals surface area contributed by atoms with Gasteiger partial charge in [-0.3, -0.25) is 9.36 Å². The van der Waals surface area contributed by atoms with Gasteiger partial charge in [0.1, 0.15) is 0 Å². The van der Waals surface area contributed by atoms with Crippen molar-refractivity contribution < 1.29 is 13.2 Å². The summed E-state index contributed by atoms with van der Waals surface area (Å²) in [4.78, 5) is 26.1. The summed E-state index contributed by atoms with van der Waals surface area (Å²) in [6.45, 7) is 7.04. The molecule has 1 atom stereocenters. The SMILES string of the molecule is CCCn1c(SCC(=O)N(CC(C)C)C2CCS(=O)(=O)C2)n[nH]c1=O. The van der Waals surface area contributed by atoms with Crippen LogP contribution in [0.25, 0.3) is 0 Å². The largest absolute Gasteiger partial charge is 0.343 e. The Morgan fingerprint density at radius 1 is 1.48 bits per heavy atom. The molecule has 0 aromatic carbocycles. The van der Waals surface area contributed by atoms with Crippen molar-refractivity contribution in [3.63, 3.8) is 0 Å². The van der Waals surface area contributed by atoms with Crippen molar-refractivity contribution >= 4 is 27.5 Å². The quantitative estimate of drug-likeness (QED) is 0.657. The van der Waals surface area contributed by atoms with Crippen LogP contribution in [-0.2, 0) is 21.2 Å². The van der Waals surface area contributed by atoms with Gasteiger partial charge >= 0.3 is 5.69 Å². The lowest BCUT2D eigenvalue weighted by molar-refractivity contribution is -0.130. The molecule has 25 heavy (non-hydrogen) atoms. The molecule has 142 valence electrons. The van der Waals surface area contributed by atoms with E-state index >= 15 is 0 Å². The van der Waals surface area contributed by atoms with Gasteiger partial charge in [0.2, 0.25) is 5.91 Å². The molecule has 2 heterocycles. The van der Waals surface area contributed by atoms with Crippen LogP contribution in [0, 0.1) is 5.92 Å². The Kier molecular flexibility index (Phi) is 6.72. The number of thioether (sulfide) groups is 1. The Balaban J connectivity index is 2.06. The van der Waals surface area contributed by atoms with E-state index in [4.69, 9.17) is 0 Å². The minimum atomic E-state index is -3.05. The summed E-state index contributed by atoms with van der Waals surface area (Å²) in [6.07, 6.45) is 1.29. The van der Waals surface area contributed by atoms with Gasteiger partial charge in [0.05, 0.1) is 17.3 Å². The number of hydrogen-bond donors (Lipinski definition) is 1. The number of nitrogens with one attached hydrogen (secondary N) is 1. The molecule has 0 aliphatic carbocycles. The third-order valence-corrected chi connectivity index (χ3v) is 6.74. The van der Waals surface area contributed by atoms with E-state index in [9.17, 15) is 18.0 Å². The summed E-state index contributed by atoms with van der Waals surface area (Å²) in [5, 5.41) is 6.86. The van der Waals surface area contributed by atoms with Gasteiger partial charge in [-0.2, -0.15) is 0 Å². The van der Waals surface area contributed by atoms with Crippen molar-refractivity contribution in [3.05, 3.63) is 10.5 Å². The first-order valence-corrected chi connectivity index (χ1v) is 11.3. The molecule has 0 spiro atoms. The van der Waals surface area contributed by atoms with Crippen LogP contribution in [-0.4, -0.2) is 63.8 Å². The molecule has 0 bridgehead atoms. The van der Waals surface area contributed by atoms with Gasteiger partial charge in [-0.15, -0.1) is 5.10 Å². The molecule has 1 N–H and O–H groups in total. The Morgan fingerprint density at radius 2 is 2.20 bits per heavy atom. The summed E-state index contributed by atoms with van der Waals surface area (Å²) < 4.78 is 25.0. The molecule has 1 aliphatic heterocycles. The van der Waals surface area contributed by atoms with Crippen molar-refractivity contribution in [3.8, 4) is 0 Å². The molecule has 0 saturated carbocycles. The molecule has 1 amide bonds. The predicted octanol–water partition coefficient (Wildman–Crippen LogP) is 0.745. The fraction of sp³-hybridized carbons (Fsp3) is 0.800. The van der Waals surface area contributed by atoms with Gasteiger partial charge in [-0.05, 0) is 18.8 Å². The molecule has 0 radical (unpaired) electrons. The number of nitrogens with zero attached hydrogens (tertiary/aromatic N) is 3. The fourth-order valence-electron chi connectivity index (χ4n) is 2.91. The number of rotatable bonds is 8. The van der Waals surface area contributed by atoms with Crippen LogP contribution in [0.3, 0.4) is 0 Å². The second-order valence-corrected chi connectivity index (χ2v) is 9.92. The van der Waals surface area contributed by atoms with Crippen LogP contribution in [0.2, 0.25) is 0 Å². The van der Waals surface area contributed by atoms with Gasteiger partial charge in [0.25, 0.3) is 0 Å².